The summed E-state index contributed by atoms with van der Waals surface area (Å²) in [5.41, 5.74) is 0.898. The zero-order chi connectivity index (χ0) is 13.6. The average molecular weight is 271 g/mol. The summed E-state index contributed by atoms with van der Waals surface area (Å²) in [6, 6.07) is 7.44. The van der Waals surface area contributed by atoms with Crippen LogP contribution >= 0.6 is 0 Å². The lowest BCUT2D eigenvalue weighted by molar-refractivity contribution is 0.317. The Kier molecular flexibility index (Phi) is 5.47. The third-order valence-electron chi connectivity index (χ3n) is 2.29. The third-order valence-corrected chi connectivity index (χ3v) is 3.40. The number of rotatable bonds is 7. The fourth-order valence-corrected chi connectivity index (χ4v) is 2.64. The van der Waals surface area contributed by atoms with E-state index in [4.69, 9.17) is 4.74 Å². The Hall–Kier alpha value is -1.23. The van der Waals surface area contributed by atoms with Gasteiger partial charge < -0.3 is 10.1 Å². The number of benzene rings is 1. The molecule has 0 aliphatic rings. The molecule has 1 N–H and O–H groups in total. The lowest BCUT2D eigenvalue weighted by Crippen LogP contribution is -2.24. The van der Waals surface area contributed by atoms with Crippen molar-refractivity contribution in [3.63, 3.8) is 0 Å². The highest BCUT2D eigenvalue weighted by Gasteiger charge is 2.09. The zero-order valence-corrected chi connectivity index (χ0v) is 12.0. The summed E-state index contributed by atoms with van der Waals surface area (Å²) in [6.07, 6.45) is 2.22. The minimum atomic E-state index is -2.95. The summed E-state index contributed by atoms with van der Waals surface area (Å²) in [5.74, 6) is 0.958. The van der Waals surface area contributed by atoms with Crippen molar-refractivity contribution in [2.24, 2.45) is 0 Å². The Morgan fingerprint density at radius 1 is 1.28 bits per heavy atom. The first-order valence-electron chi connectivity index (χ1n) is 6.08. The fourth-order valence-electron chi connectivity index (χ4n) is 1.65. The van der Waals surface area contributed by atoms with Gasteiger partial charge in [-0.25, -0.2) is 8.42 Å². The van der Waals surface area contributed by atoms with Crippen LogP contribution < -0.4 is 10.1 Å². The molecule has 1 unspecified atom stereocenters. The van der Waals surface area contributed by atoms with Crippen LogP contribution in [0, 0.1) is 0 Å². The van der Waals surface area contributed by atoms with Gasteiger partial charge in [-0.15, -0.1) is 0 Å². The van der Waals surface area contributed by atoms with Crippen molar-refractivity contribution in [3.05, 3.63) is 24.3 Å². The molecule has 0 fully saturated rings. The molecule has 1 aromatic carbocycles. The van der Waals surface area contributed by atoms with E-state index in [2.05, 4.69) is 12.2 Å². The van der Waals surface area contributed by atoms with E-state index < -0.39 is 9.84 Å². The van der Waals surface area contributed by atoms with Gasteiger partial charge in [0.2, 0.25) is 0 Å². The van der Waals surface area contributed by atoms with Gasteiger partial charge in [0, 0.05) is 18.0 Å². The van der Waals surface area contributed by atoms with Gasteiger partial charge in [0.1, 0.15) is 15.6 Å². The lowest BCUT2D eigenvalue weighted by Gasteiger charge is -2.14. The SMILES string of the molecule is CCCOc1ccc(NC(C)CS(C)(=O)=O)cc1. The van der Waals surface area contributed by atoms with Crippen molar-refractivity contribution in [2.75, 3.05) is 23.9 Å². The van der Waals surface area contributed by atoms with E-state index in [1.54, 1.807) is 0 Å². The molecule has 1 aromatic rings. The standard InChI is InChI=1S/C13H21NO3S/c1-4-9-17-13-7-5-12(6-8-13)14-11(2)10-18(3,15)16/h5-8,11,14H,4,9-10H2,1-3H3. The predicted molar refractivity (Wildman–Crippen MR) is 75.0 cm³/mol. The molecule has 0 heterocycles. The predicted octanol–water partition coefficient (Wildman–Crippen LogP) is 2.32. The summed E-state index contributed by atoms with van der Waals surface area (Å²) in [4.78, 5) is 0. The molecule has 0 aliphatic heterocycles. The molecule has 102 valence electrons. The average Bonchev–Trinajstić information content (AvgIpc) is 2.25. The summed E-state index contributed by atoms with van der Waals surface area (Å²) in [6.45, 7) is 4.61. The van der Waals surface area contributed by atoms with Gasteiger partial charge in [-0.3, -0.25) is 0 Å². The van der Waals surface area contributed by atoms with Crippen molar-refractivity contribution in [1.29, 1.82) is 0 Å². The second-order valence-corrected chi connectivity index (χ2v) is 6.70. The fraction of sp³-hybridized carbons (Fsp3) is 0.538. The first kappa shape index (κ1) is 14.8. The molecule has 1 atom stereocenters. The van der Waals surface area contributed by atoms with Crippen molar-refractivity contribution >= 4 is 15.5 Å². The van der Waals surface area contributed by atoms with Crippen LogP contribution in [0.25, 0.3) is 0 Å². The van der Waals surface area contributed by atoms with Gasteiger partial charge in [0.25, 0.3) is 0 Å². The molecule has 0 aromatic heterocycles. The number of ether oxygens (including phenoxy) is 1. The highest BCUT2D eigenvalue weighted by molar-refractivity contribution is 7.90. The number of anilines is 1. The minimum absolute atomic E-state index is 0.109. The Morgan fingerprint density at radius 2 is 1.89 bits per heavy atom. The van der Waals surface area contributed by atoms with Crippen LogP contribution in [0.2, 0.25) is 0 Å². The van der Waals surface area contributed by atoms with Crippen molar-refractivity contribution in [2.45, 2.75) is 26.3 Å². The number of nitrogens with one attached hydrogen (secondary N) is 1. The van der Waals surface area contributed by atoms with E-state index in [1.165, 1.54) is 6.26 Å². The van der Waals surface area contributed by atoms with Crippen molar-refractivity contribution < 1.29 is 13.2 Å². The molecular formula is C13H21NO3S. The van der Waals surface area contributed by atoms with Crippen LogP contribution in [-0.2, 0) is 9.84 Å². The Balaban J connectivity index is 2.53. The minimum Gasteiger partial charge on any atom is -0.494 e. The Bertz CT molecular complexity index is 454. The highest BCUT2D eigenvalue weighted by Crippen LogP contribution is 2.16. The Labute approximate surface area is 109 Å². The van der Waals surface area contributed by atoms with Gasteiger partial charge in [-0.2, -0.15) is 0 Å². The number of hydrogen-bond donors (Lipinski definition) is 1. The molecule has 0 aliphatic carbocycles. The van der Waals surface area contributed by atoms with Crippen LogP contribution in [0.3, 0.4) is 0 Å². The van der Waals surface area contributed by atoms with E-state index in [0.717, 1.165) is 17.9 Å². The molecule has 5 heteroatoms. The maximum absolute atomic E-state index is 11.1. The second kappa shape index (κ2) is 6.64. The molecule has 18 heavy (non-hydrogen) atoms. The molecule has 0 amide bonds. The molecule has 0 radical (unpaired) electrons. The van der Waals surface area contributed by atoms with Crippen molar-refractivity contribution in [3.8, 4) is 5.75 Å². The topological polar surface area (TPSA) is 55.4 Å². The summed E-state index contributed by atoms with van der Waals surface area (Å²) in [7, 11) is -2.95. The molecule has 0 bridgehead atoms. The molecule has 4 nitrogen and oxygen atoms in total. The van der Waals surface area contributed by atoms with E-state index in [0.29, 0.717) is 6.61 Å². The summed E-state index contributed by atoms with van der Waals surface area (Å²) in [5, 5.41) is 3.15. The third kappa shape index (κ3) is 5.91. The zero-order valence-electron chi connectivity index (χ0n) is 11.1. The van der Waals surface area contributed by atoms with Gasteiger partial charge in [0.05, 0.1) is 12.4 Å². The van der Waals surface area contributed by atoms with E-state index >= 15 is 0 Å². The molecule has 1 rings (SSSR count). The van der Waals surface area contributed by atoms with Crippen LogP contribution in [-0.4, -0.2) is 33.1 Å². The van der Waals surface area contributed by atoms with E-state index in [9.17, 15) is 8.42 Å². The van der Waals surface area contributed by atoms with Gasteiger partial charge >= 0.3 is 0 Å². The molecule has 0 spiro atoms. The number of hydrogen-bond acceptors (Lipinski definition) is 4. The molecule has 0 saturated carbocycles. The van der Waals surface area contributed by atoms with Crippen LogP contribution in [0.1, 0.15) is 20.3 Å². The highest BCUT2D eigenvalue weighted by atomic mass is 32.2. The largest absolute Gasteiger partial charge is 0.494 e. The molecule has 0 saturated heterocycles. The van der Waals surface area contributed by atoms with Gasteiger partial charge in [0.15, 0.2) is 0 Å². The maximum Gasteiger partial charge on any atom is 0.149 e. The molecular weight excluding hydrogens is 250 g/mol. The van der Waals surface area contributed by atoms with Crippen molar-refractivity contribution in [1.82, 2.24) is 0 Å². The van der Waals surface area contributed by atoms with E-state index in [-0.39, 0.29) is 11.8 Å². The summed E-state index contributed by atoms with van der Waals surface area (Å²) >= 11 is 0. The smallest absolute Gasteiger partial charge is 0.149 e. The first-order chi connectivity index (χ1) is 8.40. The van der Waals surface area contributed by atoms with Gasteiger partial charge in [-0.1, -0.05) is 6.92 Å². The van der Waals surface area contributed by atoms with Crippen LogP contribution in [0.4, 0.5) is 5.69 Å². The van der Waals surface area contributed by atoms with E-state index in [1.807, 2.05) is 31.2 Å². The first-order valence-corrected chi connectivity index (χ1v) is 8.14. The van der Waals surface area contributed by atoms with Crippen LogP contribution in [0.5, 0.6) is 5.75 Å². The number of sulfone groups is 1. The maximum atomic E-state index is 11.1. The second-order valence-electron chi connectivity index (χ2n) is 4.51. The van der Waals surface area contributed by atoms with Crippen LogP contribution in [0.15, 0.2) is 24.3 Å². The summed E-state index contributed by atoms with van der Waals surface area (Å²) < 4.78 is 27.8. The Morgan fingerprint density at radius 3 is 2.39 bits per heavy atom. The lowest BCUT2D eigenvalue weighted by atomic mass is 10.2. The quantitative estimate of drug-likeness (QED) is 0.827. The monoisotopic (exact) mass is 271 g/mol. The van der Waals surface area contributed by atoms with Gasteiger partial charge in [-0.05, 0) is 37.6 Å². The normalized spacial score (nSPS) is 13.1.